The Morgan fingerprint density at radius 1 is 1.11 bits per heavy atom. The second kappa shape index (κ2) is 4.75. The van der Waals surface area contributed by atoms with Gasteiger partial charge in [0, 0.05) is 10.0 Å². The highest BCUT2D eigenvalue weighted by atomic mass is 79.9. The van der Waals surface area contributed by atoms with Crippen molar-refractivity contribution in [1.82, 2.24) is 4.57 Å². The van der Waals surface area contributed by atoms with E-state index >= 15 is 0 Å². The summed E-state index contributed by atoms with van der Waals surface area (Å²) in [4.78, 5) is 24.1. The highest BCUT2D eigenvalue weighted by molar-refractivity contribution is 9.10. The van der Waals surface area contributed by atoms with Crippen molar-refractivity contribution < 1.29 is 4.79 Å². The van der Waals surface area contributed by atoms with Gasteiger partial charge >= 0.3 is 4.87 Å². The Morgan fingerprint density at radius 2 is 1.84 bits per heavy atom. The van der Waals surface area contributed by atoms with E-state index in [0.717, 1.165) is 20.5 Å². The summed E-state index contributed by atoms with van der Waals surface area (Å²) in [5.41, 5.74) is 1.15. The average molecular weight is 334 g/mol. The van der Waals surface area contributed by atoms with E-state index in [0.29, 0.717) is 11.1 Å². The Bertz CT molecular complexity index is 820. The molecule has 0 radical (unpaired) electrons. The molecular weight excluding hydrogens is 326 g/mol. The van der Waals surface area contributed by atoms with Gasteiger partial charge in [0.2, 0.25) is 0 Å². The summed E-state index contributed by atoms with van der Waals surface area (Å²) < 4.78 is 2.91. The molecular formula is C14H8BrNO2S. The van der Waals surface area contributed by atoms with E-state index in [-0.39, 0.29) is 10.8 Å². The van der Waals surface area contributed by atoms with Crippen molar-refractivity contribution in [2.75, 3.05) is 0 Å². The van der Waals surface area contributed by atoms with Gasteiger partial charge in [-0.05, 0) is 30.3 Å². The molecule has 0 unspecified atom stereocenters. The lowest BCUT2D eigenvalue weighted by Crippen LogP contribution is -2.22. The minimum atomic E-state index is -0.292. The molecule has 19 heavy (non-hydrogen) atoms. The third-order valence-corrected chi connectivity index (χ3v) is 4.16. The summed E-state index contributed by atoms with van der Waals surface area (Å²) in [6.07, 6.45) is 0. The standard InChI is InChI=1S/C14H8BrNO2S/c15-10-6-7-11-12(8-10)19-14(18)16(11)13(17)9-4-2-1-3-5-9/h1-8H. The predicted octanol–water partition coefficient (Wildman–Crippen LogP) is 3.51. The van der Waals surface area contributed by atoms with Crippen molar-refractivity contribution in [1.29, 1.82) is 0 Å². The predicted molar refractivity (Wildman–Crippen MR) is 80.0 cm³/mol. The van der Waals surface area contributed by atoms with Gasteiger partial charge in [0.1, 0.15) is 0 Å². The van der Waals surface area contributed by atoms with E-state index in [9.17, 15) is 9.59 Å². The molecule has 0 spiro atoms. The summed E-state index contributed by atoms with van der Waals surface area (Å²) >= 11 is 4.43. The van der Waals surface area contributed by atoms with E-state index in [1.165, 1.54) is 4.57 Å². The number of carbonyl (C=O) groups is 1. The number of thiazole rings is 1. The quantitative estimate of drug-likeness (QED) is 0.683. The van der Waals surface area contributed by atoms with Gasteiger partial charge in [-0.1, -0.05) is 45.5 Å². The fourth-order valence-electron chi connectivity index (χ4n) is 1.89. The normalized spacial score (nSPS) is 10.8. The number of hydrogen-bond donors (Lipinski definition) is 0. The van der Waals surface area contributed by atoms with Crippen LogP contribution in [0.4, 0.5) is 0 Å². The Balaban J connectivity index is 2.23. The third kappa shape index (κ3) is 2.15. The maximum absolute atomic E-state index is 12.4. The van der Waals surface area contributed by atoms with Crippen molar-refractivity contribution in [3.63, 3.8) is 0 Å². The van der Waals surface area contributed by atoms with Crippen LogP contribution in [0.5, 0.6) is 0 Å². The summed E-state index contributed by atoms with van der Waals surface area (Å²) in [5.74, 6) is -0.292. The number of carbonyl (C=O) groups excluding carboxylic acids is 1. The van der Waals surface area contributed by atoms with Crippen molar-refractivity contribution in [2.24, 2.45) is 0 Å². The first-order chi connectivity index (χ1) is 9.16. The van der Waals surface area contributed by atoms with Crippen LogP contribution in [-0.4, -0.2) is 10.5 Å². The van der Waals surface area contributed by atoms with Crippen LogP contribution in [0.1, 0.15) is 10.4 Å². The maximum Gasteiger partial charge on any atom is 0.315 e. The first-order valence-electron chi connectivity index (χ1n) is 5.58. The third-order valence-electron chi connectivity index (χ3n) is 2.77. The van der Waals surface area contributed by atoms with Gasteiger partial charge in [-0.2, -0.15) is 0 Å². The molecule has 0 aliphatic heterocycles. The Morgan fingerprint density at radius 3 is 2.58 bits per heavy atom. The number of hydrogen-bond acceptors (Lipinski definition) is 3. The molecule has 5 heteroatoms. The second-order valence-electron chi connectivity index (χ2n) is 3.99. The molecule has 1 heterocycles. The highest BCUT2D eigenvalue weighted by Crippen LogP contribution is 2.22. The average Bonchev–Trinajstić information content (AvgIpc) is 2.74. The van der Waals surface area contributed by atoms with Crippen LogP contribution in [0.3, 0.4) is 0 Å². The zero-order chi connectivity index (χ0) is 13.4. The number of benzene rings is 2. The number of rotatable bonds is 1. The van der Waals surface area contributed by atoms with Crippen LogP contribution in [0.2, 0.25) is 0 Å². The molecule has 0 saturated heterocycles. The summed E-state index contributed by atoms with van der Waals surface area (Å²) in [7, 11) is 0. The SMILES string of the molecule is O=C(c1ccccc1)n1c(=O)sc2cc(Br)ccc21. The maximum atomic E-state index is 12.4. The fourth-order valence-corrected chi connectivity index (χ4v) is 3.32. The molecule has 94 valence electrons. The van der Waals surface area contributed by atoms with Gasteiger partial charge in [-0.25, -0.2) is 4.57 Å². The first-order valence-corrected chi connectivity index (χ1v) is 7.18. The molecule has 3 aromatic rings. The molecule has 0 bridgehead atoms. The van der Waals surface area contributed by atoms with Gasteiger partial charge in [0.25, 0.3) is 5.91 Å². The van der Waals surface area contributed by atoms with Crippen LogP contribution >= 0.6 is 27.3 Å². The monoisotopic (exact) mass is 333 g/mol. The van der Waals surface area contributed by atoms with Gasteiger partial charge in [0.05, 0.1) is 10.2 Å². The van der Waals surface area contributed by atoms with Gasteiger partial charge in [-0.3, -0.25) is 9.59 Å². The molecule has 0 aliphatic carbocycles. The lowest BCUT2D eigenvalue weighted by atomic mass is 10.2. The molecule has 1 aromatic heterocycles. The van der Waals surface area contributed by atoms with Crippen LogP contribution < -0.4 is 4.87 Å². The molecule has 0 saturated carbocycles. The largest absolute Gasteiger partial charge is 0.315 e. The summed E-state index contributed by atoms with van der Waals surface area (Å²) in [6.45, 7) is 0. The molecule has 3 rings (SSSR count). The van der Waals surface area contributed by atoms with Crippen molar-refractivity contribution in [3.05, 3.63) is 68.2 Å². The van der Waals surface area contributed by atoms with E-state index in [1.54, 1.807) is 30.3 Å². The Labute approximate surface area is 121 Å². The van der Waals surface area contributed by atoms with Gasteiger partial charge in [-0.15, -0.1) is 0 Å². The van der Waals surface area contributed by atoms with Crippen LogP contribution in [-0.2, 0) is 0 Å². The molecule has 0 fully saturated rings. The fraction of sp³-hybridized carbons (Fsp3) is 0. The number of nitrogens with zero attached hydrogens (tertiary/aromatic N) is 1. The molecule has 3 nitrogen and oxygen atoms in total. The topological polar surface area (TPSA) is 39.1 Å². The van der Waals surface area contributed by atoms with E-state index in [1.807, 2.05) is 18.2 Å². The van der Waals surface area contributed by atoms with Crippen molar-refractivity contribution >= 4 is 43.4 Å². The van der Waals surface area contributed by atoms with Crippen LogP contribution in [0, 0.1) is 0 Å². The summed E-state index contributed by atoms with van der Waals surface area (Å²) in [6, 6.07) is 14.3. The van der Waals surface area contributed by atoms with Gasteiger partial charge < -0.3 is 0 Å². The minimum absolute atomic E-state index is 0.262. The zero-order valence-electron chi connectivity index (χ0n) is 9.67. The Kier molecular flexibility index (Phi) is 3.08. The molecule has 0 atom stereocenters. The Hall–Kier alpha value is -1.72. The number of fused-ring (bicyclic) bond motifs is 1. The molecule has 2 aromatic carbocycles. The lowest BCUT2D eigenvalue weighted by molar-refractivity contribution is 0.0962. The number of aromatic nitrogens is 1. The minimum Gasteiger partial charge on any atom is -0.268 e. The first kappa shape index (κ1) is 12.3. The van der Waals surface area contributed by atoms with Crippen molar-refractivity contribution in [3.8, 4) is 0 Å². The highest BCUT2D eigenvalue weighted by Gasteiger charge is 2.15. The number of halogens is 1. The smallest absolute Gasteiger partial charge is 0.268 e. The van der Waals surface area contributed by atoms with Crippen molar-refractivity contribution in [2.45, 2.75) is 0 Å². The molecule has 0 N–H and O–H groups in total. The van der Waals surface area contributed by atoms with E-state index in [4.69, 9.17) is 0 Å². The van der Waals surface area contributed by atoms with E-state index in [2.05, 4.69) is 15.9 Å². The zero-order valence-corrected chi connectivity index (χ0v) is 12.1. The second-order valence-corrected chi connectivity index (χ2v) is 5.90. The molecule has 0 aliphatic rings. The lowest BCUT2D eigenvalue weighted by Gasteiger charge is -2.02. The van der Waals surface area contributed by atoms with Crippen LogP contribution in [0.15, 0.2) is 57.8 Å². The van der Waals surface area contributed by atoms with E-state index < -0.39 is 0 Å². The summed E-state index contributed by atoms with van der Waals surface area (Å²) in [5, 5.41) is 0. The molecule has 0 amide bonds. The van der Waals surface area contributed by atoms with Crippen LogP contribution in [0.25, 0.3) is 10.2 Å². The van der Waals surface area contributed by atoms with Gasteiger partial charge in [0.15, 0.2) is 0 Å².